The maximum Gasteiger partial charge on any atom is 0.0551 e. The van der Waals surface area contributed by atoms with Crippen molar-refractivity contribution in [2.24, 2.45) is 11.7 Å². The van der Waals surface area contributed by atoms with E-state index in [1.807, 2.05) is 0 Å². The monoisotopic (exact) mass is 227 g/mol. The lowest BCUT2D eigenvalue weighted by Gasteiger charge is -2.17. The van der Waals surface area contributed by atoms with Crippen LogP contribution in [-0.2, 0) is 4.74 Å². The number of ether oxygens (including phenoxy) is 1. The molecule has 2 N–H and O–H groups in total. The van der Waals surface area contributed by atoms with E-state index in [0.717, 1.165) is 13.0 Å². The van der Waals surface area contributed by atoms with Crippen LogP contribution >= 0.6 is 0 Å². The van der Waals surface area contributed by atoms with Crippen molar-refractivity contribution in [3.63, 3.8) is 0 Å². The molecule has 0 aromatic carbocycles. The van der Waals surface area contributed by atoms with Gasteiger partial charge < -0.3 is 10.5 Å². The molecule has 0 aromatic rings. The highest BCUT2D eigenvalue weighted by atomic mass is 16.5. The molecule has 16 heavy (non-hydrogen) atoms. The highest BCUT2D eigenvalue weighted by Crippen LogP contribution is 2.23. The Morgan fingerprint density at radius 1 is 1.19 bits per heavy atom. The molecule has 0 bridgehead atoms. The molecule has 1 aliphatic rings. The summed E-state index contributed by atoms with van der Waals surface area (Å²) in [5.41, 5.74) is 6.20. The van der Waals surface area contributed by atoms with Crippen LogP contribution in [0.25, 0.3) is 0 Å². The summed E-state index contributed by atoms with van der Waals surface area (Å²) < 4.78 is 5.57. The second-order valence-corrected chi connectivity index (χ2v) is 5.36. The van der Waals surface area contributed by atoms with Crippen LogP contribution < -0.4 is 5.73 Å². The van der Waals surface area contributed by atoms with Crippen LogP contribution in [0.15, 0.2) is 0 Å². The van der Waals surface area contributed by atoms with Crippen LogP contribution in [0.4, 0.5) is 0 Å². The van der Waals surface area contributed by atoms with Crippen molar-refractivity contribution in [2.45, 2.75) is 77.4 Å². The Morgan fingerprint density at radius 3 is 2.50 bits per heavy atom. The first-order valence-electron chi connectivity index (χ1n) is 7.11. The van der Waals surface area contributed by atoms with Gasteiger partial charge in [0.1, 0.15) is 0 Å². The van der Waals surface area contributed by atoms with Crippen LogP contribution in [0.2, 0.25) is 0 Å². The molecule has 0 amide bonds. The predicted octanol–water partition coefficient (Wildman–Crippen LogP) is 3.49. The van der Waals surface area contributed by atoms with E-state index in [9.17, 15) is 0 Å². The maximum atomic E-state index is 6.20. The summed E-state index contributed by atoms with van der Waals surface area (Å²) in [5, 5.41) is 0. The van der Waals surface area contributed by atoms with Gasteiger partial charge in [-0.3, -0.25) is 0 Å². The van der Waals surface area contributed by atoms with Crippen LogP contribution in [-0.4, -0.2) is 18.8 Å². The molecule has 1 aliphatic heterocycles. The Kier molecular flexibility index (Phi) is 7.06. The quantitative estimate of drug-likeness (QED) is 0.644. The first-order valence-corrected chi connectivity index (χ1v) is 7.11. The molecule has 3 unspecified atom stereocenters. The van der Waals surface area contributed by atoms with Crippen molar-refractivity contribution in [3.8, 4) is 0 Å². The second-order valence-electron chi connectivity index (χ2n) is 5.36. The Balaban J connectivity index is 1.96. The van der Waals surface area contributed by atoms with Gasteiger partial charge in [-0.15, -0.1) is 0 Å². The van der Waals surface area contributed by atoms with E-state index in [0.29, 0.717) is 18.1 Å². The molecule has 2 heteroatoms. The molecule has 1 heterocycles. The van der Waals surface area contributed by atoms with Crippen molar-refractivity contribution >= 4 is 0 Å². The van der Waals surface area contributed by atoms with Crippen LogP contribution in [0.5, 0.6) is 0 Å². The summed E-state index contributed by atoms with van der Waals surface area (Å²) >= 11 is 0. The zero-order valence-electron chi connectivity index (χ0n) is 11.1. The van der Waals surface area contributed by atoms with E-state index in [2.05, 4.69) is 13.8 Å². The lowest BCUT2D eigenvalue weighted by atomic mass is 9.93. The molecule has 2 nitrogen and oxygen atoms in total. The summed E-state index contributed by atoms with van der Waals surface area (Å²) in [4.78, 5) is 0. The van der Waals surface area contributed by atoms with Gasteiger partial charge in [-0.05, 0) is 25.7 Å². The fourth-order valence-electron chi connectivity index (χ4n) is 2.54. The Hall–Kier alpha value is -0.0800. The third-order valence-corrected chi connectivity index (χ3v) is 3.73. The summed E-state index contributed by atoms with van der Waals surface area (Å²) in [6.45, 7) is 5.30. The smallest absolute Gasteiger partial charge is 0.0551 e. The third kappa shape index (κ3) is 5.31. The molecular weight excluding hydrogens is 198 g/mol. The predicted molar refractivity (Wildman–Crippen MR) is 69.5 cm³/mol. The normalized spacial score (nSPS) is 27.2. The second kappa shape index (κ2) is 8.08. The fraction of sp³-hybridized carbons (Fsp3) is 1.00. The summed E-state index contributed by atoms with van der Waals surface area (Å²) in [6.07, 6.45) is 10.9. The average Bonchev–Trinajstić information content (AvgIpc) is 2.70. The van der Waals surface area contributed by atoms with Gasteiger partial charge in [-0.2, -0.15) is 0 Å². The number of hydrogen-bond acceptors (Lipinski definition) is 2. The van der Waals surface area contributed by atoms with E-state index in [4.69, 9.17) is 10.5 Å². The molecule has 0 spiro atoms. The lowest BCUT2D eigenvalue weighted by Crippen LogP contribution is -2.30. The molecule has 3 atom stereocenters. The summed E-state index contributed by atoms with van der Waals surface area (Å²) in [5.74, 6) is 0.616. The molecule has 0 radical (unpaired) electrons. The van der Waals surface area contributed by atoms with Gasteiger partial charge >= 0.3 is 0 Å². The van der Waals surface area contributed by atoms with E-state index < -0.39 is 0 Å². The van der Waals surface area contributed by atoms with Crippen molar-refractivity contribution in [1.29, 1.82) is 0 Å². The van der Waals surface area contributed by atoms with Gasteiger partial charge in [0.15, 0.2) is 0 Å². The van der Waals surface area contributed by atoms with Gasteiger partial charge in [0.05, 0.1) is 12.7 Å². The van der Waals surface area contributed by atoms with Crippen molar-refractivity contribution in [2.75, 3.05) is 6.61 Å². The number of hydrogen-bond donors (Lipinski definition) is 1. The van der Waals surface area contributed by atoms with Gasteiger partial charge in [0.2, 0.25) is 0 Å². The Morgan fingerprint density at radius 2 is 1.88 bits per heavy atom. The summed E-state index contributed by atoms with van der Waals surface area (Å²) in [7, 11) is 0. The summed E-state index contributed by atoms with van der Waals surface area (Å²) in [6, 6.07) is 0.371. The number of unbranched alkanes of at least 4 members (excludes halogenated alkanes) is 5. The molecule has 0 aliphatic carbocycles. The molecule has 1 saturated heterocycles. The van der Waals surface area contributed by atoms with Gasteiger partial charge in [0, 0.05) is 6.04 Å². The topological polar surface area (TPSA) is 35.2 Å². The molecule has 0 aromatic heterocycles. The minimum absolute atomic E-state index is 0.371. The van der Waals surface area contributed by atoms with Gasteiger partial charge in [-0.25, -0.2) is 0 Å². The van der Waals surface area contributed by atoms with E-state index in [1.165, 1.54) is 44.9 Å². The van der Waals surface area contributed by atoms with Crippen molar-refractivity contribution in [3.05, 3.63) is 0 Å². The van der Waals surface area contributed by atoms with Crippen LogP contribution in [0.1, 0.15) is 65.2 Å². The van der Waals surface area contributed by atoms with E-state index in [1.54, 1.807) is 0 Å². The first kappa shape index (κ1) is 14.0. The van der Waals surface area contributed by atoms with E-state index >= 15 is 0 Å². The number of rotatable bonds is 8. The minimum atomic E-state index is 0.371. The maximum absolute atomic E-state index is 6.20. The van der Waals surface area contributed by atoms with Gasteiger partial charge in [-0.1, -0.05) is 45.4 Å². The third-order valence-electron chi connectivity index (χ3n) is 3.73. The van der Waals surface area contributed by atoms with Gasteiger partial charge in [0.25, 0.3) is 0 Å². The fourth-order valence-corrected chi connectivity index (χ4v) is 2.54. The van der Waals surface area contributed by atoms with Crippen LogP contribution in [0, 0.1) is 5.92 Å². The van der Waals surface area contributed by atoms with E-state index in [-0.39, 0.29) is 0 Å². The average molecular weight is 227 g/mol. The zero-order valence-corrected chi connectivity index (χ0v) is 11.1. The molecule has 1 fully saturated rings. The highest BCUT2D eigenvalue weighted by Gasteiger charge is 2.26. The number of nitrogens with two attached hydrogens (primary N) is 1. The lowest BCUT2D eigenvalue weighted by molar-refractivity contribution is 0.118. The molecule has 0 saturated carbocycles. The zero-order chi connectivity index (χ0) is 11.8. The van der Waals surface area contributed by atoms with Crippen molar-refractivity contribution in [1.82, 2.24) is 0 Å². The highest BCUT2D eigenvalue weighted by molar-refractivity contribution is 4.79. The Labute approximate surface area is 101 Å². The van der Waals surface area contributed by atoms with Crippen LogP contribution in [0.3, 0.4) is 0 Å². The molecule has 1 rings (SSSR count). The molecule has 96 valence electrons. The largest absolute Gasteiger partial charge is 0.378 e. The molecular formula is C14H29NO. The van der Waals surface area contributed by atoms with Crippen molar-refractivity contribution < 1.29 is 4.74 Å². The first-order chi connectivity index (χ1) is 7.74. The SMILES string of the molecule is CCCCCCCCC(N)C1COC(C)C1. The minimum Gasteiger partial charge on any atom is -0.378 e. The Bertz CT molecular complexity index is 172. The standard InChI is InChI=1S/C14H29NO/c1-3-4-5-6-7-8-9-14(15)13-10-12(2)16-11-13/h12-14H,3-11,15H2,1-2H3.